The van der Waals surface area contributed by atoms with E-state index in [2.05, 4.69) is 42.9 Å². The molecule has 0 spiro atoms. The molecule has 0 saturated carbocycles. The van der Waals surface area contributed by atoms with E-state index in [4.69, 9.17) is 4.74 Å². The average Bonchev–Trinajstić information content (AvgIpc) is 2.35. The van der Waals surface area contributed by atoms with E-state index in [1.807, 2.05) is 7.05 Å². The molecule has 1 fully saturated rings. The van der Waals surface area contributed by atoms with Crippen molar-refractivity contribution in [2.45, 2.75) is 46.6 Å². The molecule has 0 bridgehead atoms. The van der Waals surface area contributed by atoms with Crippen molar-refractivity contribution in [1.29, 1.82) is 0 Å². The van der Waals surface area contributed by atoms with Crippen molar-refractivity contribution in [1.82, 2.24) is 10.2 Å². The quantitative estimate of drug-likeness (QED) is 0.631. The number of guanidine groups is 1. The minimum absolute atomic E-state index is 0.136. The van der Waals surface area contributed by atoms with E-state index in [0.29, 0.717) is 0 Å². The molecule has 19 heavy (non-hydrogen) atoms. The monoisotopic (exact) mass is 269 g/mol. The number of nitrogens with zero attached hydrogens (tertiary/aromatic N) is 2. The molecule has 0 aromatic carbocycles. The first kappa shape index (κ1) is 16.3. The Morgan fingerprint density at radius 3 is 2.37 bits per heavy atom. The highest BCUT2D eigenvalue weighted by Gasteiger charge is 2.25. The lowest BCUT2D eigenvalue weighted by Crippen LogP contribution is -2.49. The molecule has 1 atom stereocenters. The Balaban J connectivity index is 2.49. The van der Waals surface area contributed by atoms with E-state index >= 15 is 0 Å². The Kier molecular flexibility index (Phi) is 6.11. The first-order valence-electron chi connectivity index (χ1n) is 7.37. The molecule has 0 aromatic rings. The van der Waals surface area contributed by atoms with Crippen molar-refractivity contribution in [2.24, 2.45) is 16.3 Å². The molecule has 0 radical (unpaired) electrons. The van der Waals surface area contributed by atoms with Gasteiger partial charge in [-0.05, 0) is 24.2 Å². The SMILES string of the molecule is CN=C(NCC(OC)C(C)(C)C)N1CCC(C)CC1. The van der Waals surface area contributed by atoms with E-state index in [9.17, 15) is 0 Å². The summed E-state index contributed by atoms with van der Waals surface area (Å²) in [6.07, 6.45) is 2.70. The standard InChI is InChI=1S/C15H31N3O/c1-12-7-9-18(10-8-12)14(16-5)17-11-13(19-6)15(2,3)4/h12-13H,7-11H2,1-6H3,(H,16,17). The predicted molar refractivity (Wildman–Crippen MR) is 81.6 cm³/mol. The molecule has 1 heterocycles. The molecule has 1 saturated heterocycles. The van der Waals surface area contributed by atoms with Gasteiger partial charge in [0.05, 0.1) is 6.10 Å². The molecule has 1 rings (SSSR count). The van der Waals surface area contributed by atoms with Gasteiger partial charge in [-0.3, -0.25) is 4.99 Å². The number of likely N-dealkylation sites (tertiary alicyclic amines) is 1. The Morgan fingerprint density at radius 1 is 1.37 bits per heavy atom. The maximum absolute atomic E-state index is 5.58. The van der Waals surface area contributed by atoms with Crippen LogP contribution in [0.2, 0.25) is 0 Å². The smallest absolute Gasteiger partial charge is 0.193 e. The molecule has 1 aliphatic rings. The van der Waals surface area contributed by atoms with Crippen molar-refractivity contribution >= 4 is 5.96 Å². The lowest BCUT2D eigenvalue weighted by atomic mass is 9.89. The number of piperidine rings is 1. The summed E-state index contributed by atoms with van der Waals surface area (Å²) in [6, 6.07) is 0. The van der Waals surface area contributed by atoms with Crippen molar-refractivity contribution in [3.05, 3.63) is 0 Å². The second-order valence-electron chi connectivity index (χ2n) is 6.69. The summed E-state index contributed by atoms with van der Waals surface area (Å²) in [7, 11) is 3.64. The third kappa shape index (κ3) is 5.01. The number of rotatable bonds is 3. The summed E-state index contributed by atoms with van der Waals surface area (Å²) in [5, 5.41) is 3.46. The summed E-state index contributed by atoms with van der Waals surface area (Å²) in [5.41, 5.74) is 0.136. The van der Waals surface area contributed by atoms with Gasteiger partial charge in [0.2, 0.25) is 0 Å². The van der Waals surface area contributed by atoms with Crippen LogP contribution in [0.15, 0.2) is 4.99 Å². The molecule has 0 amide bonds. The zero-order valence-electron chi connectivity index (χ0n) is 13.5. The van der Waals surface area contributed by atoms with Crippen LogP contribution in [0.1, 0.15) is 40.5 Å². The normalized spacial score (nSPS) is 20.5. The summed E-state index contributed by atoms with van der Waals surface area (Å²) < 4.78 is 5.58. The molecule has 1 N–H and O–H groups in total. The van der Waals surface area contributed by atoms with Crippen LogP contribution in [0.3, 0.4) is 0 Å². The van der Waals surface area contributed by atoms with Crippen LogP contribution in [0.25, 0.3) is 0 Å². The summed E-state index contributed by atoms with van der Waals surface area (Å²) in [6.45, 7) is 11.9. The maximum atomic E-state index is 5.58. The van der Waals surface area contributed by atoms with Crippen LogP contribution in [0.4, 0.5) is 0 Å². The minimum atomic E-state index is 0.136. The Hall–Kier alpha value is -0.770. The molecule has 4 heteroatoms. The average molecular weight is 269 g/mol. The summed E-state index contributed by atoms with van der Waals surface area (Å²) >= 11 is 0. The molecule has 0 aliphatic carbocycles. The first-order valence-corrected chi connectivity index (χ1v) is 7.37. The second-order valence-corrected chi connectivity index (χ2v) is 6.69. The van der Waals surface area contributed by atoms with Gasteiger partial charge in [0.25, 0.3) is 0 Å². The van der Waals surface area contributed by atoms with E-state index in [0.717, 1.165) is 31.5 Å². The largest absolute Gasteiger partial charge is 0.379 e. The van der Waals surface area contributed by atoms with Gasteiger partial charge in [0, 0.05) is 33.8 Å². The van der Waals surface area contributed by atoms with E-state index < -0.39 is 0 Å². The Bertz CT molecular complexity index is 288. The molecule has 1 aliphatic heterocycles. The topological polar surface area (TPSA) is 36.9 Å². The molecule has 1 unspecified atom stereocenters. The number of hydrogen-bond donors (Lipinski definition) is 1. The molecule has 4 nitrogen and oxygen atoms in total. The fourth-order valence-electron chi connectivity index (χ4n) is 2.48. The minimum Gasteiger partial charge on any atom is -0.379 e. The highest BCUT2D eigenvalue weighted by atomic mass is 16.5. The van der Waals surface area contributed by atoms with Crippen LogP contribution >= 0.6 is 0 Å². The van der Waals surface area contributed by atoms with Gasteiger partial charge in [0.1, 0.15) is 0 Å². The Morgan fingerprint density at radius 2 is 1.95 bits per heavy atom. The third-order valence-electron chi connectivity index (χ3n) is 3.99. The third-order valence-corrected chi connectivity index (χ3v) is 3.99. The second kappa shape index (κ2) is 7.13. The summed E-state index contributed by atoms with van der Waals surface area (Å²) in [5.74, 6) is 1.86. The Labute approximate surface area is 118 Å². The van der Waals surface area contributed by atoms with Crippen molar-refractivity contribution in [3.63, 3.8) is 0 Å². The van der Waals surface area contributed by atoms with E-state index in [-0.39, 0.29) is 11.5 Å². The highest BCUT2D eigenvalue weighted by Crippen LogP contribution is 2.21. The number of hydrogen-bond acceptors (Lipinski definition) is 2. The van der Waals surface area contributed by atoms with Crippen LogP contribution in [-0.2, 0) is 4.74 Å². The molecular formula is C15H31N3O. The number of methoxy groups -OCH3 is 1. The van der Waals surface area contributed by atoms with Crippen LogP contribution in [0, 0.1) is 11.3 Å². The first-order chi connectivity index (χ1) is 8.88. The molecular weight excluding hydrogens is 238 g/mol. The maximum Gasteiger partial charge on any atom is 0.193 e. The lowest BCUT2D eigenvalue weighted by molar-refractivity contribution is 0.0200. The van der Waals surface area contributed by atoms with Gasteiger partial charge in [-0.2, -0.15) is 0 Å². The van der Waals surface area contributed by atoms with Crippen LogP contribution < -0.4 is 5.32 Å². The lowest BCUT2D eigenvalue weighted by Gasteiger charge is -2.35. The highest BCUT2D eigenvalue weighted by molar-refractivity contribution is 5.80. The van der Waals surface area contributed by atoms with Crippen molar-refractivity contribution in [3.8, 4) is 0 Å². The van der Waals surface area contributed by atoms with Gasteiger partial charge < -0.3 is 15.0 Å². The zero-order chi connectivity index (χ0) is 14.5. The van der Waals surface area contributed by atoms with E-state index in [1.54, 1.807) is 7.11 Å². The summed E-state index contributed by atoms with van der Waals surface area (Å²) in [4.78, 5) is 6.76. The number of aliphatic imine (C=N–C) groups is 1. The van der Waals surface area contributed by atoms with Gasteiger partial charge in [-0.1, -0.05) is 27.7 Å². The van der Waals surface area contributed by atoms with E-state index in [1.165, 1.54) is 12.8 Å². The van der Waals surface area contributed by atoms with Crippen LogP contribution in [-0.4, -0.2) is 50.8 Å². The molecule has 112 valence electrons. The molecule has 0 aromatic heterocycles. The fourth-order valence-corrected chi connectivity index (χ4v) is 2.48. The van der Waals surface area contributed by atoms with Gasteiger partial charge in [-0.25, -0.2) is 0 Å². The van der Waals surface area contributed by atoms with Crippen molar-refractivity contribution in [2.75, 3.05) is 33.8 Å². The zero-order valence-corrected chi connectivity index (χ0v) is 13.5. The van der Waals surface area contributed by atoms with Gasteiger partial charge in [0.15, 0.2) is 5.96 Å². The van der Waals surface area contributed by atoms with Crippen LogP contribution in [0.5, 0.6) is 0 Å². The fraction of sp³-hybridized carbons (Fsp3) is 0.933. The van der Waals surface area contributed by atoms with Crippen molar-refractivity contribution < 1.29 is 4.74 Å². The predicted octanol–water partition coefficient (Wildman–Crippen LogP) is 2.35. The van der Waals surface area contributed by atoms with Gasteiger partial charge in [-0.15, -0.1) is 0 Å². The number of nitrogens with one attached hydrogen (secondary N) is 1. The number of ether oxygens (including phenoxy) is 1. The van der Waals surface area contributed by atoms with Gasteiger partial charge >= 0.3 is 0 Å².